The molecule has 20 heavy (non-hydrogen) atoms. The molecule has 1 N–H and O–H groups in total. The van der Waals surface area contributed by atoms with Gasteiger partial charge in [-0.3, -0.25) is 4.68 Å². The van der Waals surface area contributed by atoms with Gasteiger partial charge in [0.25, 0.3) is 0 Å². The largest absolute Gasteiger partial charge is 0.305 e. The van der Waals surface area contributed by atoms with E-state index in [1.807, 2.05) is 17.9 Å². The van der Waals surface area contributed by atoms with E-state index in [0.29, 0.717) is 6.04 Å². The predicted octanol–water partition coefficient (Wildman–Crippen LogP) is 3.14. The first-order valence-electron chi connectivity index (χ1n) is 7.28. The molecule has 3 nitrogen and oxygen atoms in total. The van der Waals surface area contributed by atoms with Gasteiger partial charge in [-0.15, -0.1) is 0 Å². The lowest BCUT2D eigenvalue weighted by Gasteiger charge is -2.28. The minimum absolute atomic E-state index is 0.264. The number of fused-ring (bicyclic) bond motifs is 1. The maximum absolute atomic E-state index is 4.32. The lowest BCUT2D eigenvalue weighted by atomic mass is 9.85. The third kappa shape index (κ3) is 2.16. The zero-order valence-electron chi connectivity index (χ0n) is 12.8. The zero-order chi connectivity index (χ0) is 14.3. The maximum atomic E-state index is 4.32. The molecule has 0 saturated carbocycles. The molecule has 106 valence electrons. The van der Waals surface area contributed by atoms with Crippen LogP contribution in [0.3, 0.4) is 0 Å². The molecule has 3 heteroatoms. The smallest absolute Gasteiger partial charge is 0.0537 e. The van der Waals surface area contributed by atoms with Gasteiger partial charge in [-0.05, 0) is 29.9 Å². The SMILES string of the molecule is Cc1c(CNC2c3ccccc3CC2(C)C)cnn1C. The molecule has 1 aromatic heterocycles. The average molecular weight is 269 g/mol. The monoisotopic (exact) mass is 269 g/mol. The quantitative estimate of drug-likeness (QED) is 0.927. The molecular weight excluding hydrogens is 246 g/mol. The summed E-state index contributed by atoms with van der Waals surface area (Å²) in [5.41, 5.74) is 5.73. The van der Waals surface area contributed by atoms with Gasteiger partial charge in [0, 0.05) is 30.9 Å². The fourth-order valence-corrected chi connectivity index (χ4v) is 3.31. The Morgan fingerprint density at radius 3 is 2.80 bits per heavy atom. The Morgan fingerprint density at radius 1 is 1.35 bits per heavy atom. The van der Waals surface area contributed by atoms with Gasteiger partial charge in [-0.25, -0.2) is 0 Å². The van der Waals surface area contributed by atoms with Gasteiger partial charge < -0.3 is 5.32 Å². The van der Waals surface area contributed by atoms with Crippen molar-refractivity contribution >= 4 is 0 Å². The van der Waals surface area contributed by atoms with E-state index in [2.05, 4.69) is 55.5 Å². The van der Waals surface area contributed by atoms with Gasteiger partial charge >= 0.3 is 0 Å². The van der Waals surface area contributed by atoms with Crippen LogP contribution >= 0.6 is 0 Å². The van der Waals surface area contributed by atoms with Crippen molar-refractivity contribution in [3.63, 3.8) is 0 Å². The molecule has 1 aliphatic carbocycles. The average Bonchev–Trinajstić information content (AvgIpc) is 2.85. The number of nitrogens with zero attached hydrogens (tertiary/aromatic N) is 2. The van der Waals surface area contributed by atoms with Crippen LogP contribution < -0.4 is 5.32 Å². The molecule has 1 aromatic carbocycles. The number of aromatic nitrogens is 2. The van der Waals surface area contributed by atoms with E-state index in [1.165, 1.54) is 22.4 Å². The lowest BCUT2D eigenvalue weighted by molar-refractivity contribution is 0.268. The highest BCUT2D eigenvalue weighted by Crippen LogP contribution is 2.45. The van der Waals surface area contributed by atoms with Crippen molar-refractivity contribution in [2.75, 3.05) is 0 Å². The van der Waals surface area contributed by atoms with E-state index in [0.717, 1.165) is 13.0 Å². The van der Waals surface area contributed by atoms with Crippen molar-refractivity contribution in [3.8, 4) is 0 Å². The highest BCUT2D eigenvalue weighted by atomic mass is 15.3. The van der Waals surface area contributed by atoms with E-state index in [4.69, 9.17) is 0 Å². The minimum Gasteiger partial charge on any atom is -0.305 e. The van der Waals surface area contributed by atoms with Crippen LogP contribution in [0.4, 0.5) is 0 Å². The summed E-state index contributed by atoms with van der Waals surface area (Å²) in [4.78, 5) is 0. The number of aryl methyl sites for hydroxylation is 1. The second-order valence-electron chi connectivity index (χ2n) is 6.56. The molecule has 1 unspecified atom stereocenters. The van der Waals surface area contributed by atoms with Gasteiger partial charge in [-0.1, -0.05) is 38.1 Å². The first-order chi connectivity index (χ1) is 9.49. The first kappa shape index (κ1) is 13.4. The van der Waals surface area contributed by atoms with Crippen LogP contribution in [-0.2, 0) is 20.0 Å². The third-order valence-electron chi connectivity index (χ3n) is 4.63. The van der Waals surface area contributed by atoms with Crippen molar-refractivity contribution in [2.24, 2.45) is 12.5 Å². The molecule has 0 aliphatic heterocycles. The van der Waals surface area contributed by atoms with E-state index in [9.17, 15) is 0 Å². The first-order valence-corrected chi connectivity index (χ1v) is 7.28. The summed E-state index contributed by atoms with van der Waals surface area (Å²) in [6, 6.07) is 9.22. The number of benzene rings is 1. The second kappa shape index (κ2) is 4.74. The molecule has 0 saturated heterocycles. The zero-order valence-corrected chi connectivity index (χ0v) is 12.8. The van der Waals surface area contributed by atoms with Crippen molar-refractivity contribution in [2.45, 2.75) is 39.8 Å². The Bertz CT molecular complexity index is 625. The third-order valence-corrected chi connectivity index (χ3v) is 4.63. The molecule has 2 aromatic rings. The standard InChI is InChI=1S/C17H23N3/c1-12-14(11-19-20(12)4)10-18-16-15-8-6-5-7-13(15)9-17(16,2)3/h5-8,11,16,18H,9-10H2,1-4H3. The van der Waals surface area contributed by atoms with Crippen molar-refractivity contribution in [3.05, 3.63) is 52.8 Å². The minimum atomic E-state index is 0.264. The van der Waals surface area contributed by atoms with E-state index in [-0.39, 0.29) is 5.41 Å². The van der Waals surface area contributed by atoms with Crippen LogP contribution in [-0.4, -0.2) is 9.78 Å². The Hall–Kier alpha value is -1.61. The number of hydrogen-bond donors (Lipinski definition) is 1. The van der Waals surface area contributed by atoms with Crippen LogP contribution in [0.1, 0.15) is 42.3 Å². The Labute approximate surface area is 121 Å². The fourth-order valence-electron chi connectivity index (χ4n) is 3.31. The highest BCUT2D eigenvalue weighted by Gasteiger charge is 2.38. The van der Waals surface area contributed by atoms with Crippen LogP contribution in [0.2, 0.25) is 0 Å². The maximum Gasteiger partial charge on any atom is 0.0537 e. The van der Waals surface area contributed by atoms with Gasteiger partial charge in [0.05, 0.1) is 6.20 Å². The van der Waals surface area contributed by atoms with Crippen molar-refractivity contribution < 1.29 is 0 Å². The van der Waals surface area contributed by atoms with Gasteiger partial charge in [0.2, 0.25) is 0 Å². The van der Waals surface area contributed by atoms with Gasteiger partial charge in [0.15, 0.2) is 0 Å². The van der Waals surface area contributed by atoms with Gasteiger partial charge in [0.1, 0.15) is 0 Å². The van der Waals surface area contributed by atoms with Crippen molar-refractivity contribution in [1.29, 1.82) is 0 Å². The number of hydrogen-bond acceptors (Lipinski definition) is 2. The van der Waals surface area contributed by atoms with Crippen LogP contribution in [0.5, 0.6) is 0 Å². The lowest BCUT2D eigenvalue weighted by Crippen LogP contribution is -2.30. The van der Waals surface area contributed by atoms with E-state index >= 15 is 0 Å². The van der Waals surface area contributed by atoms with Gasteiger partial charge in [-0.2, -0.15) is 5.10 Å². The van der Waals surface area contributed by atoms with Crippen LogP contribution in [0, 0.1) is 12.3 Å². The molecule has 3 rings (SSSR count). The number of nitrogens with one attached hydrogen (secondary N) is 1. The summed E-state index contributed by atoms with van der Waals surface area (Å²) >= 11 is 0. The van der Waals surface area contributed by atoms with E-state index < -0.39 is 0 Å². The summed E-state index contributed by atoms with van der Waals surface area (Å²) in [7, 11) is 1.99. The Kier molecular flexibility index (Phi) is 3.17. The summed E-state index contributed by atoms with van der Waals surface area (Å²) in [5, 5.41) is 8.06. The summed E-state index contributed by atoms with van der Waals surface area (Å²) in [6.45, 7) is 7.70. The van der Waals surface area contributed by atoms with Crippen molar-refractivity contribution in [1.82, 2.24) is 15.1 Å². The Balaban J connectivity index is 1.81. The molecule has 0 amide bonds. The summed E-state index contributed by atoms with van der Waals surface area (Å²) in [5.74, 6) is 0. The molecule has 1 atom stereocenters. The Morgan fingerprint density at radius 2 is 2.10 bits per heavy atom. The fraction of sp³-hybridized carbons (Fsp3) is 0.471. The molecular formula is C17H23N3. The van der Waals surface area contributed by atoms with Crippen LogP contribution in [0.15, 0.2) is 30.5 Å². The topological polar surface area (TPSA) is 29.9 Å². The molecule has 0 fully saturated rings. The molecule has 1 heterocycles. The molecule has 0 radical (unpaired) electrons. The summed E-state index contributed by atoms with van der Waals surface area (Å²) in [6.07, 6.45) is 3.11. The van der Waals surface area contributed by atoms with Crippen LogP contribution in [0.25, 0.3) is 0 Å². The molecule has 0 bridgehead atoms. The number of rotatable bonds is 3. The molecule has 0 spiro atoms. The van der Waals surface area contributed by atoms with E-state index in [1.54, 1.807) is 0 Å². The molecule has 1 aliphatic rings. The summed E-state index contributed by atoms with van der Waals surface area (Å²) < 4.78 is 1.94. The second-order valence-corrected chi connectivity index (χ2v) is 6.56. The highest BCUT2D eigenvalue weighted by molar-refractivity contribution is 5.37. The predicted molar refractivity (Wildman–Crippen MR) is 81.5 cm³/mol. The normalized spacial score (nSPS) is 20.1.